The monoisotopic (exact) mass is 274 g/mol. The fourth-order valence-corrected chi connectivity index (χ4v) is 2.64. The molecule has 4 rings (SSSR count). The Morgan fingerprint density at radius 1 is 0.952 bits per heavy atom. The quantitative estimate of drug-likeness (QED) is 0.518. The van der Waals surface area contributed by atoms with Gasteiger partial charge in [-0.15, -0.1) is 0 Å². The van der Waals surface area contributed by atoms with Crippen LogP contribution < -0.4 is 5.73 Å². The molecule has 1 heterocycles. The van der Waals surface area contributed by atoms with Crippen LogP contribution in [-0.4, -0.2) is 4.98 Å². The fraction of sp³-hybridized carbons (Fsp3) is 0.0556. The van der Waals surface area contributed by atoms with E-state index in [2.05, 4.69) is 11.1 Å². The predicted molar refractivity (Wildman–Crippen MR) is 86.1 cm³/mol. The Morgan fingerprint density at radius 2 is 1.71 bits per heavy atom. The molecule has 0 aliphatic heterocycles. The van der Waals surface area contributed by atoms with E-state index in [1.165, 1.54) is 0 Å². The van der Waals surface area contributed by atoms with Crippen molar-refractivity contribution in [1.82, 2.24) is 4.98 Å². The number of hydrogen-bond acceptors (Lipinski definition) is 3. The van der Waals surface area contributed by atoms with Crippen molar-refractivity contribution in [3.05, 3.63) is 60.2 Å². The van der Waals surface area contributed by atoms with Crippen LogP contribution in [0.15, 0.2) is 59.0 Å². The highest BCUT2D eigenvalue weighted by Gasteiger charge is 2.13. The van der Waals surface area contributed by atoms with E-state index in [1.54, 1.807) is 0 Å². The number of oxazole rings is 1. The molecule has 2 N–H and O–H groups in total. The van der Waals surface area contributed by atoms with Gasteiger partial charge in [0.05, 0.1) is 5.56 Å². The van der Waals surface area contributed by atoms with E-state index in [1.807, 2.05) is 55.5 Å². The summed E-state index contributed by atoms with van der Waals surface area (Å²) in [4.78, 5) is 4.60. The second-order valence-electron chi connectivity index (χ2n) is 5.23. The molecule has 3 aromatic carbocycles. The van der Waals surface area contributed by atoms with Gasteiger partial charge >= 0.3 is 0 Å². The molecule has 0 aliphatic carbocycles. The molecule has 0 atom stereocenters. The molecule has 0 saturated carbocycles. The Balaban J connectivity index is 1.99. The lowest BCUT2D eigenvalue weighted by Crippen LogP contribution is -1.90. The summed E-state index contributed by atoms with van der Waals surface area (Å²) in [5.41, 5.74) is 10.5. The number of aryl methyl sites for hydroxylation is 1. The van der Waals surface area contributed by atoms with Crippen LogP contribution in [0.1, 0.15) is 5.56 Å². The van der Waals surface area contributed by atoms with Crippen molar-refractivity contribution < 1.29 is 4.42 Å². The van der Waals surface area contributed by atoms with Gasteiger partial charge in [-0.05, 0) is 41.5 Å². The third kappa shape index (κ3) is 1.86. The molecule has 0 aliphatic rings. The van der Waals surface area contributed by atoms with E-state index in [9.17, 15) is 0 Å². The zero-order valence-electron chi connectivity index (χ0n) is 11.6. The Morgan fingerprint density at radius 3 is 2.48 bits per heavy atom. The molecule has 21 heavy (non-hydrogen) atoms. The third-order valence-electron chi connectivity index (χ3n) is 3.77. The maximum absolute atomic E-state index is 6.18. The van der Waals surface area contributed by atoms with Crippen molar-refractivity contribution in [2.45, 2.75) is 6.92 Å². The van der Waals surface area contributed by atoms with Gasteiger partial charge in [-0.1, -0.05) is 36.4 Å². The van der Waals surface area contributed by atoms with Gasteiger partial charge in [-0.3, -0.25) is 0 Å². The lowest BCUT2D eigenvalue weighted by Gasteiger charge is -2.04. The molecule has 0 bridgehead atoms. The van der Waals surface area contributed by atoms with Crippen molar-refractivity contribution in [3.63, 3.8) is 0 Å². The highest BCUT2D eigenvalue weighted by Crippen LogP contribution is 2.32. The first kappa shape index (κ1) is 12.0. The number of para-hydroxylation sites is 1. The molecule has 0 spiro atoms. The van der Waals surface area contributed by atoms with Crippen molar-refractivity contribution >= 4 is 27.6 Å². The van der Waals surface area contributed by atoms with Crippen LogP contribution >= 0.6 is 0 Å². The summed E-state index contributed by atoms with van der Waals surface area (Å²) in [7, 11) is 0. The average Bonchev–Trinajstić information content (AvgIpc) is 2.92. The van der Waals surface area contributed by atoms with E-state index in [4.69, 9.17) is 10.2 Å². The fourth-order valence-electron chi connectivity index (χ4n) is 2.64. The normalized spacial score (nSPS) is 11.3. The number of fused-ring (bicyclic) bond motifs is 2. The number of nitrogens with two attached hydrogens (primary N) is 1. The number of anilines is 1. The van der Waals surface area contributed by atoms with Gasteiger partial charge in [0, 0.05) is 5.69 Å². The lowest BCUT2D eigenvalue weighted by atomic mass is 10.1. The molecule has 3 heteroatoms. The molecule has 4 aromatic rings. The smallest absolute Gasteiger partial charge is 0.229 e. The highest BCUT2D eigenvalue weighted by molar-refractivity contribution is 5.93. The molecule has 0 amide bonds. The third-order valence-corrected chi connectivity index (χ3v) is 3.77. The summed E-state index contributed by atoms with van der Waals surface area (Å²) in [6, 6.07) is 18.0. The van der Waals surface area contributed by atoms with Crippen LogP contribution in [0.4, 0.5) is 5.69 Å². The molecular weight excluding hydrogens is 260 g/mol. The van der Waals surface area contributed by atoms with Crippen LogP contribution in [-0.2, 0) is 0 Å². The van der Waals surface area contributed by atoms with Gasteiger partial charge in [-0.2, -0.15) is 0 Å². The van der Waals surface area contributed by atoms with Crippen LogP contribution in [0.25, 0.3) is 33.3 Å². The Bertz CT molecular complexity index is 969. The molecule has 0 fully saturated rings. The summed E-state index contributed by atoms with van der Waals surface area (Å²) in [5, 5.41) is 2.24. The zero-order chi connectivity index (χ0) is 14.4. The summed E-state index contributed by atoms with van der Waals surface area (Å²) in [6.45, 7) is 2.03. The van der Waals surface area contributed by atoms with Crippen LogP contribution in [0.2, 0.25) is 0 Å². The minimum atomic E-state index is 0.572. The van der Waals surface area contributed by atoms with E-state index < -0.39 is 0 Å². The number of benzene rings is 3. The molecule has 102 valence electrons. The second-order valence-corrected chi connectivity index (χ2v) is 5.23. The molecule has 3 nitrogen and oxygen atoms in total. The molecule has 0 radical (unpaired) electrons. The topological polar surface area (TPSA) is 52.0 Å². The number of hydrogen-bond donors (Lipinski definition) is 1. The first-order chi connectivity index (χ1) is 10.2. The first-order valence-electron chi connectivity index (χ1n) is 6.87. The van der Waals surface area contributed by atoms with Gasteiger partial charge in [0.1, 0.15) is 5.52 Å². The number of aromatic nitrogens is 1. The van der Waals surface area contributed by atoms with Crippen LogP contribution in [0.3, 0.4) is 0 Å². The van der Waals surface area contributed by atoms with E-state index in [0.717, 1.165) is 33.0 Å². The van der Waals surface area contributed by atoms with Crippen molar-refractivity contribution in [2.75, 3.05) is 5.73 Å². The average molecular weight is 274 g/mol. The van der Waals surface area contributed by atoms with Gasteiger partial charge in [0.2, 0.25) is 5.89 Å². The highest BCUT2D eigenvalue weighted by atomic mass is 16.3. The Kier molecular flexibility index (Phi) is 2.48. The number of rotatable bonds is 1. The van der Waals surface area contributed by atoms with Crippen molar-refractivity contribution in [2.24, 2.45) is 0 Å². The van der Waals surface area contributed by atoms with E-state index in [0.29, 0.717) is 11.6 Å². The lowest BCUT2D eigenvalue weighted by molar-refractivity contribution is 0.620. The van der Waals surface area contributed by atoms with Gasteiger partial charge in [-0.25, -0.2) is 4.98 Å². The maximum atomic E-state index is 6.18. The minimum absolute atomic E-state index is 0.572. The SMILES string of the molecule is Cc1cccc2oc(-c3cc4ccccc4cc3N)nc12. The molecule has 0 saturated heterocycles. The van der Waals surface area contributed by atoms with Crippen LogP contribution in [0.5, 0.6) is 0 Å². The Hall–Kier alpha value is -2.81. The molecule has 0 unspecified atom stereocenters. The van der Waals surface area contributed by atoms with Gasteiger partial charge in [0.25, 0.3) is 0 Å². The second kappa shape index (κ2) is 4.35. The minimum Gasteiger partial charge on any atom is -0.436 e. The summed E-state index contributed by atoms with van der Waals surface area (Å²) in [5.74, 6) is 0.572. The van der Waals surface area contributed by atoms with Gasteiger partial charge < -0.3 is 10.2 Å². The number of nitrogen functional groups attached to an aromatic ring is 1. The predicted octanol–water partition coefficient (Wildman–Crippen LogP) is 4.54. The Labute approximate surface area is 122 Å². The molecular formula is C18H14N2O. The first-order valence-corrected chi connectivity index (χ1v) is 6.87. The van der Waals surface area contributed by atoms with Crippen molar-refractivity contribution in [3.8, 4) is 11.5 Å². The van der Waals surface area contributed by atoms with Crippen molar-refractivity contribution in [1.29, 1.82) is 0 Å². The molecule has 1 aromatic heterocycles. The van der Waals surface area contributed by atoms with E-state index >= 15 is 0 Å². The van der Waals surface area contributed by atoms with Gasteiger partial charge in [0.15, 0.2) is 5.58 Å². The number of nitrogens with zero attached hydrogens (tertiary/aromatic N) is 1. The summed E-state index contributed by atoms with van der Waals surface area (Å²) < 4.78 is 5.87. The summed E-state index contributed by atoms with van der Waals surface area (Å²) >= 11 is 0. The van der Waals surface area contributed by atoms with E-state index in [-0.39, 0.29) is 0 Å². The zero-order valence-corrected chi connectivity index (χ0v) is 11.6. The van der Waals surface area contributed by atoms with Crippen LogP contribution in [0, 0.1) is 6.92 Å². The standard InChI is InChI=1S/C18H14N2O/c1-11-5-4-8-16-17(11)20-18(21-16)14-9-12-6-2-3-7-13(12)10-15(14)19/h2-10H,19H2,1H3. The summed E-state index contributed by atoms with van der Waals surface area (Å²) in [6.07, 6.45) is 0. The maximum Gasteiger partial charge on any atom is 0.229 e. The largest absolute Gasteiger partial charge is 0.436 e.